The number of aliphatic hydroxyl groups is 1. The maximum atomic E-state index is 12.9. The molecule has 202 valence electrons. The first-order valence-corrected chi connectivity index (χ1v) is 16.0. The summed E-state index contributed by atoms with van der Waals surface area (Å²) in [5.41, 5.74) is 0.751. The zero-order chi connectivity index (χ0) is 27.4. The van der Waals surface area contributed by atoms with Crippen LogP contribution in [0.5, 0.6) is 0 Å². The molecule has 2 aromatic carbocycles. The van der Waals surface area contributed by atoms with E-state index in [9.17, 15) is 9.90 Å². The number of nitrogens with one attached hydrogen (secondary N) is 2. The third kappa shape index (κ3) is 4.94. The van der Waals surface area contributed by atoms with E-state index in [1.54, 1.807) is 36.0 Å². The molecule has 6 rings (SSSR count). The standard InChI is InChI=1S/C28H24N6O3S3/c35-19-40(27-30-26(33-34-27)39-18-22-13-7-15-37-22)16-8-14-23(40)28(36,21-11-5-2-6-12-21)24-29-25(32-31-24)38-17-20-9-3-1-4-10-20/h1-16,19,36H,17-18H2,(H,29,31,32)(H,30,33,34). The Hall–Kier alpha value is -3.84. The van der Waals surface area contributed by atoms with Gasteiger partial charge in [0.2, 0.25) is 0 Å². The van der Waals surface area contributed by atoms with Gasteiger partial charge in [-0.2, -0.15) is 0 Å². The minimum Gasteiger partial charge on any atom is -0.468 e. The third-order valence-electron chi connectivity index (χ3n) is 6.33. The molecule has 1 aliphatic heterocycles. The van der Waals surface area contributed by atoms with Crippen molar-refractivity contribution in [3.63, 3.8) is 0 Å². The Bertz CT molecular complexity index is 1650. The van der Waals surface area contributed by atoms with Crippen LogP contribution in [0.1, 0.15) is 22.7 Å². The predicted molar refractivity (Wildman–Crippen MR) is 156 cm³/mol. The van der Waals surface area contributed by atoms with Crippen molar-refractivity contribution in [2.24, 2.45) is 0 Å². The molecule has 0 aliphatic carbocycles. The highest BCUT2D eigenvalue weighted by atomic mass is 32.3. The molecule has 9 nitrogen and oxygen atoms in total. The number of aromatic amines is 2. The van der Waals surface area contributed by atoms with Gasteiger partial charge in [-0.05, 0) is 34.7 Å². The van der Waals surface area contributed by atoms with Gasteiger partial charge in [0.05, 0.1) is 12.0 Å². The van der Waals surface area contributed by atoms with Gasteiger partial charge >= 0.3 is 0 Å². The van der Waals surface area contributed by atoms with Crippen molar-refractivity contribution in [3.05, 3.63) is 124 Å². The molecule has 0 bridgehead atoms. The van der Waals surface area contributed by atoms with Crippen LogP contribution in [0.2, 0.25) is 0 Å². The van der Waals surface area contributed by atoms with E-state index in [2.05, 4.69) is 30.4 Å². The summed E-state index contributed by atoms with van der Waals surface area (Å²) >= 11 is 2.89. The molecule has 0 saturated heterocycles. The molecule has 0 amide bonds. The summed E-state index contributed by atoms with van der Waals surface area (Å²) in [6.07, 6.45) is 5.15. The Morgan fingerprint density at radius 2 is 1.60 bits per heavy atom. The van der Waals surface area contributed by atoms with Gasteiger partial charge in [0, 0.05) is 10.7 Å². The van der Waals surface area contributed by atoms with Crippen LogP contribution in [0.15, 0.2) is 121 Å². The van der Waals surface area contributed by atoms with Crippen LogP contribution in [0.4, 0.5) is 0 Å². The molecule has 4 heterocycles. The summed E-state index contributed by atoms with van der Waals surface area (Å²) in [6.45, 7) is 0. The normalized spacial score (nSPS) is 18.0. The minimum absolute atomic E-state index is 0.217. The van der Waals surface area contributed by atoms with Crippen molar-refractivity contribution in [2.75, 3.05) is 0 Å². The van der Waals surface area contributed by atoms with Crippen LogP contribution >= 0.6 is 33.6 Å². The average molecular weight is 589 g/mol. The number of hydrogen-bond acceptors (Lipinski definition) is 9. The van der Waals surface area contributed by atoms with E-state index in [4.69, 9.17) is 4.42 Å². The van der Waals surface area contributed by atoms with Crippen molar-refractivity contribution in [1.82, 2.24) is 30.4 Å². The van der Waals surface area contributed by atoms with Crippen LogP contribution in [0, 0.1) is 0 Å². The fourth-order valence-corrected chi connectivity index (χ4v) is 8.41. The lowest BCUT2D eigenvalue weighted by atomic mass is 9.92. The Morgan fingerprint density at radius 3 is 2.35 bits per heavy atom. The van der Waals surface area contributed by atoms with Gasteiger partial charge in [-0.15, -0.1) is 20.4 Å². The number of hydrogen-bond donors (Lipinski definition) is 3. The van der Waals surface area contributed by atoms with Crippen molar-refractivity contribution >= 4 is 39.2 Å². The van der Waals surface area contributed by atoms with E-state index in [1.807, 2.05) is 60.7 Å². The lowest BCUT2D eigenvalue weighted by molar-refractivity contribution is 0.120. The largest absolute Gasteiger partial charge is 0.468 e. The molecule has 0 radical (unpaired) electrons. The minimum atomic E-state index is -2.58. The molecule has 40 heavy (non-hydrogen) atoms. The van der Waals surface area contributed by atoms with Crippen LogP contribution in [-0.4, -0.2) is 41.1 Å². The molecule has 3 aromatic heterocycles. The van der Waals surface area contributed by atoms with Gasteiger partial charge < -0.3 is 19.5 Å². The molecular weight excluding hydrogens is 565 g/mol. The van der Waals surface area contributed by atoms with E-state index in [0.29, 0.717) is 37.4 Å². The second kappa shape index (κ2) is 11.3. The van der Waals surface area contributed by atoms with Gasteiger partial charge in [0.15, 0.2) is 32.5 Å². The molecule has 3 N–H and O–H groups in total. The SMILES string of the molecule is O=C[S@]1(c2nnc(SCc3ccco3)[nH]2)C=CC=C1C(O)(c1ccccc1)c1nnc(SCc2ccccc2)[nH]1. The summed E-state index contributed by atoms with van der Waals surface area (Å²) in [5.74, 6) is 2.25. The number of carbonyl (C=O) groups excluding carboxylic acids is 1. The quantitative estimate of drug-likeness (QED) is 0.129. The number of nitrogens with zero attached hydrogens (tertiary/aromatic N) is 4. The second-order valence-electron chi connectivity index (χ2n) is 8.80. The zero-order valence-electron chi connectivity index (χ0n) is 21.0. The summed E-state index contributed by atoms with van der Waals surface area (Å²) < 4.78 is 5.40. The number of benzene rings is 2. The van der Waals surface area contributed by atoms with Crippen LogP contribution in [0.3, 0.4) is 0 Å². The molecule has 5 aromatic rings. The van der Waals surface area contributed by atoms with Gasteiger partial charge in [-0.3, -0.25) is 4.79 Å². The van der Waals surface area contributed by atoms with Crippen molar-refractivity contribution in [1.29, 1.82) is 0 Å². The lowest BCUT2D eigenvalue weighted by Crippen LogP contribution is -2.33. The maximum absolute atomic E-state index is 12.9. The summed E-state index contributed by atoms with van der Waals surface area (Å²) in [7, 11) is -2.58. The number of carbonyl (C=O) groups is 1. The monoisotopic (exact) mass is 588 g/mol. The van der Waals surface area contributed by atoms with E-state index in [-0.39, 0.29) is 5.82 Å². The molecule has 2 atom stereocenters. The Morgan fingerprint density at radius 1 is 0.875 bits per heavy atom. The maximum Gasteiger partial charge on any atom is 0.189 e. The molecule has 0 fully saturated rings. The lowest BCUT2D eigenvalue weighted by Gasteiger charge is -2.37. The number of allylic oxidation sites excluding steroid dienone is 2. The second-order valence-corrected chi connectivity index (χ2v) is 13.4. The smallest absolute Gasteiger partial charge is 0.189 e. The van der Waals surface area contributed by atoms with Crippen LogP contribution in [-0.2, 0) is 21.9 Å². The van der Waals surface area contributed by atoms with Crippen molar-refractivity contribution in [3.8, 4) is 0 Å². The molecule has 12 heteroatoms. The van der Waals surface area contributed by atoms with Gasteiger partial charge in [0.1, 0.15) is 5.76 Å². The summed E-state index contributed by atoms with van der Waals surface area (Å²) in [4.78, 5) is 19.8. The first-order valence-electron chi connectivity index (χ1n) is 12.2. The number of rotatable bonds is 11. The Balaban J connectivity index is 1.34. The highest BCUT2D eigenvalue weighted by Crippen LogP contribution is 2.67. The van der Waals surface area contributed by atoms with E-state index in [1.165, 1.54) is 23.5 Å². The van der Waals surface area contributed by atoms with Crippen LogP contribution < -0.4 is 0 Å². The Labute approximate surface area is 239 Å². The number of furan rings is 1. The fourth-order valence-electron chi connectivity index (χ4n) is 4.36. The zero-order valence-corrected chi connectivity index (χ0v) is 23.5. The van der Waals surface area contributed by atoms with E-state index < -0.39 is 15.6 Å². The van der Waals surface area contributed by atoms with Gasteiger partial charge in [-0.25, -0.2) is 0 Å². The molecular formula is C28H24N6O3S3. The number of H-pyrrole nitrogens is 2. The van der Waals surface area contributed by atoms with Crippen LogP contribution in [0.25, 0.3) is 0 Å². The van der Waals surface area contributed by atoms with Crippen molar-refractivity contribution in [2.45, 2.75) is 32.6 Å². The highest BCUT2D eigenvalue weighted by molar-refractivity contribution is 8.49. The number of thioether (sulfide) groups is 2. The van der Waals surface area contributed by atoms with Gasteiger partial charge in [-0.1, -0.05) is 100 Å². The van der Waals surface area contributed by atoms with E-state index >= 15 is 0 Å². The molecule has 0 saturated carbocycles. The van der Waals surface area contributed by atoms with Crippen molar-refractivity contribution < 1.29 is 14.3 Å². The summed E-state index contributed by atoms with van der Waals surface area (Å²) in [5, 5.41) is 33.1. The van der Waals surface area contributed by atoms with Gasteiger partial charge in [0.25, 0.3) is 0 Å². The first-order chi connectivity index (χ1) is 19.6. The molecule has 1 aliphatic rings. The third-order valence-corrected chi connectivity index (χ3v) is 11.0. The molecule has 1 unspecified atom stereocenters. The van der Waals surface area contributed by atoms with E-state index in [0.717, 1.165) is 16.9 Å². The number of aromatic nitrogens is 6. The Kier molecular flexibility index (Phi) is 7.48. The first kappa shape index (κ1) is 26.4. The molecule has 0 spiro atoms. The average Bonchev–Trinajstić information content (AvgIpc) is 3.83. The predicted octanol–water partition coefficient (Wildman–Crippen LogP) is 5.80. The summed E-state index contributed by atoms with van der Waals surface area (Å²) in [6, 6.07) is 22.9. The highest BCUT2D eigenvalue weighted by Gasteiger charge is 2.50. The topological polar surface area (TPSA) is 134 Å². The fraction of sp³-hybridized carbons (Fsp3) is 0.107.